The highest BCUT2D eigenvalue weighted by molar-refractivity contribution is 7.80. The number of nitrogens with two attached hydrogens (primary N) is 1. The van der Waals surface area contributed by atoms with Crippen molar-refractivity contribution in [1.82, 2.24) is 0 Å². The van der Waals surface area contributed by atoms with Gasteiger partial charge in [-0.3, -0.25) is 0 Å². The predicted octanol–water partition coefficient (Wildman–Crippen LogP) is 3.30. The maximum absolute atomic E-state index is 5.60. The van der Waals surface area contributed by atoms with Crippen molar-refractivity contribution in [2.24, 2.45) is 5.73 Å². The van der Waals surface area contributed by atoms with Crippen LogP contribution in [0.2, 0.25) is 0 Å². The molecule has 0 aliphatic rings. The molecule has 1 aromatic carbocycles. The van der Waals surface area contributed by atoms with Crippen LogP contribution in [0.1, 0.15) is 16.0 Å². The largest absolute Gasteiger partial charge is 0.389 e. The van der Waals surface area contributed by atoms with Gasteiger partial charge in [0.2, 0.25) is 0 Å². The summed E-state index contributed by atoms with van der Waals surface area (Å²) in [6, 6.07) is 10.2. The van der Waals surface area contributed by atoms with E-state index in [4.69, 9.17) is 18.0 Å². The van der Waals surface area contributed by atoms with Crippen molar-refractivity contribution in [3.05, 3.63) is 51.7 Å². The van der Waals surface area contributed by atoms with Gasteiger partial charge in [-0.25, -0.2) is 0 Å². The number of thiocarbonyl (C=S) groups is 1. The highest BCUT2D eigenvalue weighted by Crippen LogP contribution is 2.18. The summed E-state index contributed by atoms with van der Waals surface area (Å²) >= 11 is 6.71. The summed E-state index contributed by atoms with van der Waals surface area (Å²) in [5, 5.41) is 5.49. The molecular formula is C13H14N2S2. The van der Waals surface area contributed by atoms with Crippen LogP contribution < -0.4 is 11.1 Å². The van der Waals surface area contributed by atoms with Crippen LogP contribution in [0, 0.1) is 6.92 Å². The van der Waals surface area contributed by atoms with Crippen molar-refractivity contribution in [3.8, 4) is 0 Å². The van der Waals surface area contributed by atoms with E-state index in [0.29, 0.717) is 4.99 Å². The van der Waals surface area contributed by atoms with Crippen LogP contribution in [0.5, 0.6) is 0 Å². The highest BCUT2D eigenvalue weighted by Gasteiger charge is 2.02. The predicted molar refractivity (Wildman–Crippen MR) is 78.7 cm³/mol. The number of hydrogen-bond acceptors (Lipinski definition) is 3. The number of hydrogen-bond donors (Lipinski definition) is 2. The second-order valence-electron chi connectivity index (χ2n) is 3.83. The molecule has 1 aromatic heterocycles. The summed E-state index contributed by atoms with van der Waals surface area (Å²) in [6.07, 6.45) is 0. The topological polar surface area (TPSA) is 38.0 Å². The van der Waals surface area contributed by atoms with Gasteiger partial charge in [-0.2, -0.15) is 0 Å². The zero-order valence-electron chi connectivity index (χ0n) is 9.57. The molecule has 3 N–H and O–H groups in total. The van der Waals surface area contributed by atoms with E-state index in [1.54, 1.807) is 11.3 Å². The molecule has 0 saturated heterocycles. The molecule has 0 fully saturated rings. The first-order valence-electron chi connectivity index (χ1n) is 5.33. The molecule has 0 radical (unpaired) electrons. The molecule has 2 nitrogen and oxygen atoms in total. The Labute approximate surface area is 110 Å². The Morgan fingerprint density at radius 3 is 2.82 bits per heavy atom. The quantitative estimate of drug-likeness (QED) is 0.830. The first-order valence-corrected chi connectivity index (χ1v) is 6.62. The highest BCUT2D eigenvalue weighted by atomic mass is 32.1. The minimum absolute atomic E-state index is 0.443. The van der Waals surface area contributed by atoms with Crippen molar-refractivity contribution < 1.29 is 0 Å². The molecule has 0 amide bonds. The molecule has 88 valence electrons. The van der Waals surface area contributed by atoms with E-state index in [0.717, 1.165) is 23.4 Å². The third kappa shape index (κ3) is 3.05. The lowest BCUT2D eigenvalue weighted by molar-refractivity contribution is 1.18. The normalized spacial score (nSPS) is 10.2. The summed E-state index contributed by atoms with van der Waals surface area (Å²) in [5.74, 6) is 0. The number of nitrogens with one attached hydrogen (secondary N) is 1. The Bertz CT molecular complexity index is 518. The van der Waals surface area contributed by atoms with Crippen LogP contribution in [0.3, 0.4) is 0 Å². The lowest BCUT2D eigenvalue weighted by Gasteiger charge is -2.10. The first kappa shape index (κ1) is 12.1. The molecular weight excluding hydrogens is 248 g/mol. The Balaban J connectivity index is 2.09. The van der Waals surface area contributed by atoms with Crippen LogP contribution in [0.25, 0.3) is 0 Å². The SMILES string of the molecule is Cc1cc(C(N)=S)ccc1NCc1cccs1. The molecule has 4 heteroatoms. The lowest BCUT2D eigenvalue weighted by atomic mass is 10.1. The van der Waals surface area contributed by atoms with Crippen molar-refractivity contribution in [3.63, 3.8) is 0 Å². The number of thiophene rings is 1. The summed E-state index contributed by atoms with van der Waals surface area (Å²) in [6.45, 7) is 2.91. The minimum atomic E-state index is 0.443. The van der Waals surface area contributed by atoms with Gasteiger partial charge < -0.3 is 11.1 Å². The molecule has 2 aromatic rings. The molecule has 0 unspecified atom stereocenters. The van der Waals surface area contributed by atoms with Crippen LogP contribution in [-0.4, -0.2) is 4.99 Å². The third-order valence-corrected chi connectivity index (χ3v) is 3.66. The van der Waals surface area contributed by atoms with Crippen molar-refractivity contribution >= 4 is 34.2 Å². The van der Waals surface area contributed by atoms with Gasteiger partial charge in [0.1, 0.15) is 4.99 Å². The van der Waals surface area contributed by atoms with E-state index in [1.807, 2.05) is 18.2 Å². The molecule has 1 heterocycles. The van der Waals surface area contributed by atoms with Gasteiger partial charge in [0.05, 0.1) is 0 Å². The van der Waals surface area contributed by atoms with E-state index in [9.17, 15) is 0 Å². The van der Waals surface area contributed by atoms with Crippen LogP contribution in [0.4, 0.5) is 5.69 Å². The van der Waals surface area contributed by atoms with Gasteiger partial charge in [-0.05, 0) is 42.1 Å². The average Bonchev–Trinajstić information content (AvgIpc) is 2.80. The summed E-state index contributed by atoms with van der Waals surface area (Å²) < 4.78 is 0. The van der Waals surface area contributed by atoms with Gasteiger partial charge in [0.25, 0.3) is 0 Å². The summed E-state index contributed by atoms with van der Waals surface area (Å²) in [5.41, 5.74) is 8.80. The van der Waals surface area contributed by atoms with Gasteiger partial charge in [-0.15, -0.1) is 11.3 Å². The fourth-order valence-electron chi connectivity index (χ4n) is 1.61. The molecule has 0 atom stereocenters. The molecule has 0 aliphatic carbocycles. The third-order valence-electron chi connectivity index (χ3n) is 2.54. The zero-order valence-corrected chi connectivity index (χ0v) is 11.2. The van der Waals surface area contributed by atoms with Gasteiger partial charge in [0.15, 0.2) is 0 Å². The first-order chi connectivity index (χ1) is 8.16. The van der Waals surface area contributed by atoms with Gasteiger partial charge >= 0.3 is 0 Å². The molecule has 0 bridgehead atoms. The van der Waals surface area contributed by atoms with E-state index < -0.39 is 0 Å². The van der Waals surface area contributed by atoms with Crippen molar-refractivity contribution in [1.29, 1.82) is 0 Å². The maximum Gasteiger partial charge on any atom is 0.103 e. The fraction of sp³-hybridized carbons (Fsp3) is 0.154. The maximum atomic E-state index is 5.60. The van der Waals surface area contributed by atoms with Crippen LogP contribution >= 0.6 is 23.6 Å². The van der Waals surface area contributed by atoms with E-state index in [2.05, 4.69) is 29.8 Å². The number of benzene rings is 1. The van der Waals surface area contributed by atoms with Crippen LogP contribution in [0.15, 0.2) is 35.7 Å². The van der Waals surface area contributed by atoms with E-state index >= 15 is 0 Å². The van der Waals surface area contributed by atoms with E-state index in [1.165, 1.54) is 4.88 Å². The Morgan fingerprint density at radius 2 is 2.24 bits per heavy atom. The Kier molecular flexibility index (Phi) is 3.76. The number of rotatable bonds is 4. The molecule has 17 heavy (non-hydrogen) atoms. The zero-order chi connectivity index (χ0) is 12.3. The van der Waals surface area contributed by atoms with E-state index in [-0.39, 0.29) is 0 Å². The Morgan fingerprint density at radius 1 is 1.41 bits per heavy atom. The monoisotopic (exact) mass is 262 g/mol. The molecule has 0 spiro atoms. The van der Waals surface area contributed by atoms with Gasteiger partial charge in [0, 0.05) is 22.7 Å². The fourth-order valence-corrected chi connectivity index (χ4v) is 2.38. The second kappa shape index (κ2) is 5.29. The Hall–Kier alpha value is -1.39. The lowest BCUT2D eigenvalue weighted by Crippen LogP contribution is -2.10. The smallest absolute Gasteiger partial charge is 0.103 e. The number of anilines is 1. The van der Waals surface area contributed by atoms with Crippen LogP contribution in [-0.2, 0) is 6.54 Å². The van der Waals surface area contributed by atoms with Crippen molar-refractivity contribution in [2.45, 2.75) is 13.5 Å². The molecule has 0 saturated carbocycles. The summed E-state index contributed by atoms with van der Waals surface area (Å²) in [7, 11) is 0. The van der Waals surface area contributed by atoms with Gasteiger partial charge in [-0.1, -0.05) is 18.3 Å². The van der Waals surface area contributed by atoms with Crippen molar-refractivity contribution in [2.75, 3.05) is 5.32 Å². The summed E-state index contributed by atoms with van der Waals surface area (Å²) in [4.78, 5) is 1.76. The second-order valence-corrected chi connectivity index (χ2v) is 5.30. The number of aryl methyl sites for hydroxylation is 1. The standard InChI is InChI=1S/C13H14N2S2/c1-9-7-10(13(14)16)4-5-12(9)15-8-11-3-2-6-17-11/h2-7,15H,8H2,1H3,(H2,14,16). The minimum Gasteiger partial charge on any atom is -0.389 e. The average molecular weight is 262 g/mol. The molecule has 0 aliphatic heterocycles. The molecule has 2 rings (SSSR count).